The molecule has 11 heteroatoms. The summed E-state index contributed by atoms with van der Waals surface area (Å²) >= 11 is 0. The molecule has 3 rings (SSSR count). The summed E-state index contributed by atoms with van der Waals surface area (Å²) in [7, 11) is -3.93. The summed E-state index contributed by atoms with van der Waals surface area (Å²) in [6, 6.07) is 6.64. The second-order valence-electron chi connectivity index (χ2n) is 8.35. The third-order valence-electron chi connectivity index (χ3n) is 5.77. The molecule has 3 N–H and O–H groups in total. The predicted molar refractivity (Wildman–Crippen MR) is 122 cm³/mol. The van der Waals surface area contributed by atoms with Crippen molar-refractivity contribution in [2.75, 3.05) is 6.61 Å². The Bertz CT molecular complexity index is 1130. The lowest BCUT2D eigenvalue weighted by Gasteiger charge is -2.29. The Morgan fingerprint density at radius 1 is 1.15 bits per heavy atom. The number of hydrogen-bond donors (Lipinski definition) is 3. The number of imide groups is 1. The van der Waals surface area contributed by atoms with Crippen LogP contribution in [0.5, 0.6) is 0 Å². The molecule has 34 heavy (non-hydrogen) atoms. The summed E-state index contributed by atoms with van der Waals surface area (Å²) in [6.07, 6.45) is 5.45. The van der Waals surface area contributed by atoms with E-state index in [0.717, 1.165) is 25.7 Å². The van der Waals surface area contributed by atoms with Crippen LogP contribution in [0.1, 0.15) is 54.3 Å². The average molecular weight is 492 g/mol. The monoisotopic (exact) mass is 491 g/mol. The zero-order chi connectivity index (χ0) is 24.7. The van der Waals surface area contributed by atoms with Gasteiger partial charge in [0.05, 0.1) is 23.3 Å². The fraction of sp³-hybridized carbons (Fsp3) is 0.435. The van der Waals surface area contributed by atoms with Crippen LogP contribution in [0.25, 0.3) is 0 Å². The van der Waals surface area contributed by atoms with Crippen LogP contribution in [0.2, 0.25) is 0 Å². The first-order valence-electron chi connectivity index (χ1n) is 11.1. The highest BCUT2D eigenvalue weighted by molar-refractivity contribution is 7.89. The third-order valence-corrected chi connectivity index (χ3v) is 7.17. The largest absolute Gasteiger partial charge is 0.468 e. The van der Waals surface area contributed by atoms with E-state index in [0.29, 0.717) is 17.2 Å². The number of aryl methyl sites for hydroxylation is 1. The highest BCUT2D eigenvalue weighted by Crippen LogP contribution is 2.23. The maximum absolute atomic E-state index is 12.6. The lowest BCUT2D eigenvalue weighted by Crippen LogP contribution is -2.48. The lowest BCUT2D eigenvalue weighted by molar-refractivity contribution is -0.123. The van der Waals surface area contributed by atoms with Crippen molar-refractivity contribution in [3.05, 3.63) is 53.5 Å². The number of furan rings is 1. The Kier molecular flexibility index (Phi) is 8.46. The van der Waals surface area contributed by atoms with Crippen LogP contribution in [-0.2, 0) is 26.1 Å². The van der Waals surface area contributed by atoms with Crippen LogP contribution in [0.4, 0.5) is 4.79 Å². The molecule has 0 radical (unpaired) electrons. The summed E-state index contributed by atoms with van der Waals surface area (Å²) in [5, 5.41) is 4.94. The van der Waals surface area contributed by atoms with Gasteiger partial charge < -0.3 is 14.5 Å². The quantitative estimate of drug-likeness (QED) is 0.482. The normalized spacial score (nSPS) is 18.2. The van der Waals surface area contributed by atoms with Crippen molar-refractivity contribution in [2.24, 2.45) is 5.92 Å². The smallest absolute Gasteiger partial charge is 0.338 e. The predicted octanol–water partition coefficient (Wildman–Crippen LogP) is 2.63. The van der Waals surface area contributed by atoms with Gasteiger partial charge in [0.2, 0.25) is 10.0 Å². The second-order valence-corrected chi connectivity index (χ2v) is 10.1. The van der Waals surface area contributed by atoms with E-state index in [1.165, 1.54) is 24.5 Å². The minimum absolute atomic E-state index is 0.00201. The molecular weight excluding hydrogens is 462 g/mol. The molecule has 1 fully saturated rings. The number of amides is 3. The summed E-state index contributed by atoms with van der Waals surface area (Å²) in [5.41, 5.74) is 0.466. The molecule has 1 aliphatic carbocycles. The van der Waals surface area contributed by atoms with Gasteiger partial charge in [0.1, 0.15) is 5.76 Å². The molecule has 1 aromatic heterocycles. The van der Waals surface area contributed by atoms with Gasteiger partial charge in [-0.2, -0.15) is 0 Å². The Morgan fingerprint density at radius 3 is 2.62 bits per heavy atom. The Balaban J connectivity index is 1.54. The average Bonchev–Trinajstić information content (AvgIpc) is 3.32. The first-order valence-corrected chi connectivity index (χ1v) is 12.5. The zero-order valence-electron chi connectivity index (χ0n) is 19.1. The summed E-state index contributed by atoms with van der Waals surface area (Å²) in [4.78, 5) is 36.5. The van der Waals surface area contributed by atoms with Crippen molar-refractivity contribution < 1.29 is 32.0 Å². The number of carbonyl (C=O) groups is 3. The number of esters is 1. The van der Waals surface area contributed by atoms with Gasteiger partial charge in [-0.3, -0.25) is 10.1 Å². The second kappa shape index (κ2) is 11.3. The van der Waals surface area contributed by atoms with Crippen LogP contribution in [-0.4, -0.2) is 39.0 Å². The maximum Gasteiger partial charge on any atom is 0.338 e. The number of sulfonamides is 1. The van der Waals surface area contributed by atoms with E-state index in [-0.39, 0.29) is 23.0 Å². The van der Waals surface area contributed by atoms with Crippen molar-refractivity contribution >= 4 is 27.9 Å². The van der Waals surface area contributed by atoms with Gasteiger partial charge in [-0.1, -0.05) is 25.8 Å². The molecule has 0 saturated heterocycles. The summed E-state index contributed by atoms with van der Waals surface area (Å²) in [5.74, 6) is -0.899. The van der Waals surface area contributed by atoms with E-state index in [9.17, 15) is 22.8 Å². The topological polar surface area (TPSA) is 144 Å². The van der Waals surface area contributed by atoms with Crippen LogP contribution in [0.15, 0.2) is 45.9 Å². The van der Waals surface area contributed by atoms with E-state index in [2.05, 4.69) is 22.3 Å². The number of ether oxygens (including phenoxy) is 1. The van der Waals surface area contributed by atoms with Crippen LogP contribution in [0.3, 0.4) is 0 Å². The molecule has 0 bridgehead atoms. The van der Waals surface area contributed by atoms with E-state index < -0.39 is 34.5 Å². The van der Waals surface area contributed by atoms with Gasteiger partial charge >= 0.3 is 12.0 Å². The highest BCUT2D eigenvalue weighted by atomic mass is 32.2. The minimum Gasteiger partial charge on any atom is -0.468 e. The molecule has 2 aromatic rings. The van der Waals surface area contributed by atoms with Crippen LogP contribution < -0.4 is 15.4 Å². The third kappa shape index (κ3) is 6.91. The van der Waals surface area contributed by atoms with Gasteiger partial charge in [0.15, 0.2) is 6.61 Å². The highest BCUT2D eigenvalue weighted by Gasteiger charge is 2.24. The Labute approximate surface area is 198 Å². The van der Waals surface area contributed by atoms with Crippen molar-refractivity contribution in [3.63, 3.8) is 0 Å². The number of rotatable bonds is 8. The fourth-order valence-corrected chi connectivity index (χ4v) is 4.78. The van der Waals surface area contributed by atoms with Crippen LogP contribution in [0, 0.1) is 12.8 Å². The van der Waals surface area contributed by atoms with Crippen molar-refractivity contribution in [3.8, 4) is 0 Å². The van der Waals surface area contributed by atoms with Gasteiger partial charge in [-0.05, 0) is 55.5 Å². The molecule has 1 heterocycles. The van der Waals surface area contributed by atoms with Gasteiger partial charge in [-0.25, -0.2) is 22.7 Å². The summed E-state index contributed by atoms with van der Waals surface area (Å²) < 4.78 is 37.7. The molecule has 184 valence electrons. The number of carbonyl (C=O) groups excluding carboxylic acids is 3. The minimum atomic E-state index is -3.93. The van der Waals surface area contributed by atoms with Gasteiger partial charge in [0, 0.05) is 6.04 Å². The first-order chi connectivity index (χ1) is 16.2. The lowest BCUT2D eigenvalue weighted by atomic mass is 9.86. The first kappa shape index (κ1) is 25.4. The number of benzene rings is 1. The Hall–Kier alpha value is -3.18. The standard InChI is InChI=1S/C23H29N3O7S/c1-15-9-10-18(34(30,31)24-13-17-7-5-11-32-17)12-19(15)22(28)33-14-21(27)26-23(29)25-20-8-4-3-6-16(20)2/h5,7,9-12,16,20,24H,3-4,6,8,13-14H2,1-2H3,(H2,25,26,27,29)/t16-,20-/m0/s1. The number of nitrogens with one attached hydrogen (secondary N) is 3. The SMILES string of the molecule is Cc1ccc(S(=O)(=O)NCc2ccco2)cc1C(=O)OCC(=O)NC(=O)N[C@H]1CCCC[C@@H]1C. The summed E-state index contributed by atoms with van der Waals surface area (Å²) in [6.45, 7) is 2.93. The molecule has 0 aliphatic heterocycles. The molecule has 0 unspecified atom stereocenters. The van der Waals surface area contributed by atoms with Crippen molar-refractivity contribution in [1.82, 2.24) is 15.4 Å². The Morgan fingerprint density at radius 2 is 1.91 bits per heavy atom. The maximum atomic E-state index is 12.6. The molecule has 0 spiro atoms. The van der Waals surface area contributed by atoms with E-state index in [4.69, 9.17) is 9.15 Å². The van der Waals surface area contributed by atoms with Crippen molar-refractivity contribution in [2.45, 2.75) is 57.0 Å². The van der Waals surface area contributed by atoms with Gasteiger partial charge in [0.25, 0.3) is 5.91 Å². The molecule has 1 saturated carbocycles. The molecule has 10 nitrogen and oxygen atoms in total. The van der Waals surface area contributed by atoms with Crippen molar-refractivity contribution in [1.29, 1.82) is 0 Å². The molecule has 1 aromatic carbocycles. The van der Waals surface area contributed by atoms with Gasteiger partial charge in [-0.15, -0.1) is 0 Å². The molecule has 1 aliphatic rings. The number of hydrogen-bond acceptors (Lipinski definition) is 7. The molecule has 3 amide bonds. The molecular formula is C23H29N3O7S. The number of urea groups is 1. The van der Waals surface area contributed by atoms with E-state index in [1.54, 1.807) is 19.1 Å². The van der Waals surface area contributed by atoms with E-state index >= 15 is 0 Å². The van der Waals surface area contributed by atoms with Crippen LogP contribution >= 0.6 is 0 Å². The zero-order valence-corrected chi connectivity index (χ0v) is 19.9. The van der Waals surface area contributed by atoms with E-state index in [1.807, 2.05) is 0 Å². The molecule has 2 atom stereocenters. The fourth-order valence-electron chi connectivity index (χ4n) is 3.76.